The molecule has 4 nitrogen and oxygen atoms in total. The monoisotopic (exact) mass is 353 g/mol. The summed E-state index contributed by atoms with van der Waals surface area (Å²) in [5, 5.41) is 0. The van der Waals surface area contributed by atoms with Crippen LogP contribution in [0.1, 0.15) is 24.0 Å². The lowest BCUT2D eigenvalue weighted by Crippen LogP contribution is -2.29. The minimum absolute atomic E-state index is 0.0474. The molecule has 138 valence electrons. The van der Waals surface area contributed by atoms with Gasteiger partial charge in [-0.05, 0) is 44.6 Å². The number of carbonyl (C=O) groups excluding carboxylic acids is 2. The van der Waals surface area contributed by atoms with Crippen molar-refractivity contribution in [3.8, 4) is 0 Å². The van der Waals surface area contributed by atoms with Crippen molar-refractivity contribution in [1.29, 1.82) is 0 Å². The first kappa shape index (κ1) is 19.9. The van der Waals surface area contributed by atoms with Crippen LogP contribution in [-0.2, 0) is 27.4 Å². The summed E-state index contributed by atoms with van der Waals surface area (Å²) >= 11 is 0. The molecule has 0 amide bonds. The van der Waals surface area contributed by atoms with E-state index < -0.39 is 11.9 Å². The summed E-state index contributed by atoms with van der Waals surface area (Å²) in [4.78, 5) is 27.3. The summed E-state index contributed by atoms with van der Waals surface area (Å²) in [5.74, 6) is -1.23. The fourth-order valence-electron chi connectivity index (χ4n) is 2.75. The van der Waals surface area contributed by atoms with Gasteiger partial charge in [0, 0.05) is 6.42 Å². The van der Waals surface area contributed by atoms with E-state index in [0.29, 0.717) is 12.8 Å². The summed E-state index contributed by atoms with van der Waals surface area (Å²) in [6, 6.07) is 19.1. The normalized spacial score (nSPS) is 12.0. The van der Waals surface area contributed by atoms with E-state index in [1.165, 1.54) is 0 Å². The number of ether oxygens (including phenoxy) is 1. The van der Waals surface area contributed by atoms with Crippen LogP contribution in [0, 0.1) is 5.92 Å². The average molecular weight is 353 g/mol. The lowest BCUT2D eigenvalue weighted by Gasteiger charge is -2.16. The molecule has 1 atom stereocenters. The number of benzene rings is 2. The second-order valence-electron chi connectivity index (χ2n) is 6.71. The number of Topliss-reactive ketones (excluding diaryl/α,β-unsaturated/α-hetero) is 1. The summed E-state index contributed by atoms with van der Waals surface area (Å²) in [7, 11) is 3.94. The highest BCUT2D eigenvalue weighted by molar-refractivity contribution is 5.99. The summed E-state index contributed by atoms with van der Waals surface area (Å²) in [5.41, 5.74) is 1.88. The predicted octanol–water partition coefficient (Wildman–Crippen LogP) is 3.50. The highest BCUT2D eigenvalue weighted by Crippen LogP contribution is 2.16. The number of nitrogens with zero attached hydrogens (tertiary/aromatic N) is 1. The minimum Gasteiger partial charge on any atom is -0.460 e. The van der Waals surface area contributed by atoms with Crippen LogP contribution in [-0.4, -0.2) is 37.3 Å². The Labute approximate surface area is 155 Å². The molecule has 0 radical (unpaired) electrons. The predicted molar refractivity (Wildman–Crippen MR) is 103 cm³/mol. The van der Waals surface area contributed by atoms with Crippen molar-refractivity contribution >= 4 is 11.8 Å². The summed E-state index contributed by atoms with van der Waals surface area (Å²) in [6.45, 7) is 1.01. The number of esters is 1. The standard InChI is InChI=1S/C22H27NO3/c1-23(2)15-9-14-21(24)20(16-18-10-5-3-6-11-18)22(25)26-17-19-12-7-4-8-13-19/h3-8,10-13,20H,9,14-17H2,1-2H3/t20-/m0/s1. The van der Waals surface area contributed by atoms with Gasteiger partial charge in [0.2, 0.25) is 0 Å². The molecule has 2 aromatic carbocycles. The molecule has 0 heterocycles. The molecule has 4 heteroatoms. The molecule has 0 saturated heterocycles. The van der Waals surface area contributed by atoms with E-state index in [1.54, 1.807) is 0 Å². The second-order valence-corrected chi connectivity index (χ2v) is 6.71. The Kier molecular flexibility index (Phi) is 8.03. The Bertz CT molecular complexity index is 683. The molecule has 2 rings (SSSR count). The number of ketones is 1. The van der Waals surface area contributed by atoms with Gasteiger partial charge in [0.05, 0.1) is 0 Å². The average Bonchev–Trinajstić information content (AvgIpc) is 2.65. The van der Waals surface area contributed by atoms with Gasteiger partial charge in [-0.15, -0.1) is 0 Å². The fourth-order valence-corrected chi connectivity index (χ4v) is 2.75. The van der Waals surface area contributed by atoms with Crippen LogP contribution in [0.2, 0.25) is 0 Å². The van der Waals surface area contributed by atoms with E-state index in [2.05, 4.69) is 0 Å². The Morgan fingerprint density at radius 3 is 2.08 bits per heavy atom. The summed E-state index contributed by atoms with van der Waals surface area (Å²) < 4.78 is 5.44. The van der Waals surface area contributed by atoms with Crippen LogP contribution in [0.5, 0.6) is 0 Å². The molecule has 0 N–H and O–H groups in total. The maximum absolute atomic E-state index is 12.7. The van der Waals surface area contributed by atoms with Gasteiger partial charge in [0.25, 0.3) is 0 Å². The molecule has 0 bridgehead atoms. The molecule has 0 fully saturated rings. The van der Waals surface area contributed by atoms with E-state index in [-0.39, 0.29) is 12.4 Å². The third kappa shape index (κ3) is 6.81. The zero-order chi connectivity index (χ0) is 18.8. The van der Waals surface area contributed by atoms with Gasteiger partial charge in [-0.1, -0.05) is 60.7 Å². The van der Waals surface area contributed by atoms with Crippen molar-refractivity contribution in [3.05, 3.63) is 71.8 Å². The van der Waals surface area contributed by atoms with E-state index in [0.717, 1.165) is 24.1 Å². The molecular weight excluding hydrogens is 326 g/mol. The molecule has 0 aliphatic heterocycles. The van der Waals surface area contributed by atoms with Crippen LogP contribution in [0.15, 0.2) is 60.7 Å². The van der Waals surface area contributed by atoms with E-state index >= 15 is 0 Å². The molecular formula is C22H27NO3. The van der Waals surface area contributed by atoms with Gasteiger partial charge in [-0.3, -0.25) is 9.59 Å². The largest absolute Gasteiger partial charge is 0.460 e. The van der Waals surface area contributed by atoms with Crippen LogP contribution >= 0.6 is 0 Å². The highest BCUT2D eigenvalue weighted by Gasteiger charge is 2.28. The van der Waals surface area contributed by atoms with Crippen molar-refractivity contribution in [2.75, 3.05) is 20.6 Å². The van der Waals surface area contributed by atoms with Crippen molar-refractivity contribution in [2.45, 2.75) is 25.9 Å². The van der Waals surface area contributed by atoms with Gasteiger partial charge in [0.15, 0.2) is 0 Å². The van der Waals surface area contributed by atoms with Gasteiger partial charge in [0.1, 0.15) is 18.3 Å². The van der Waals surface area contributed by atoms with E-state index in [9.17, 15) is 9.59 Å². The summed E-state index contributed by atoms with van der Waals surface area (Å²) in [6.07, 6.45) is 1.51. The smallest absolute Gasteiger partial charge is 0.317 e. The fraction of sp³-hybridized carbons (Fsp3) is 0.364. The number of hydrogen-bond donors (Lipinski definition) is 0. The minimum atomic E-state index is -0.747. The van der Waals surface area contributed by atoms with Crippen LogP contribution in [0.4, 0.5) is 0 Å². The van der Waals surface area contributed by atoms with Crippen LogP contribution in [0.25, 0.3) is 0 Å². The Balaban J connectivity index is 2.00. The molecule has 26 heavy (non-hydrogen) atoms. The first-order valence-electron chi connectivity index (χ1n) is 8.98. The number of hydrogen-bond acceptors (Lipinski definition) is 4. The Morgan fingerprint density at radius 1 is 0.923 bits per heavy atom. The molecule has 0 saturated carbocycles. The molecule has 0 spiro atoms. The lowest BCUT2D eigenvalue weighted by atomic mass is 9.93. The zero-order valence-corrected chi connectivity index (χ0v) is 15.6. The van der Waals surface area contributed by atoms with Gasteiger partial charge < -0.3 is 9.64 Å². The van der Waals surface area contributed by atoms with Crippen LogP contribution < -0.4 is 0 Å². The number of rotatable bonds is 10. The SMILES string of the molecule is CN(C)CCCC(=O)[C@H](Cc1ccccc1)C(=O)OCc1ccccc1. The number of carbonyl (C=O) groups is 2. The molecule has 0 aromatic heterocycles. The van der Waals surface area contributed by atoms with Crippen molar-refractivity contribution in [2.24, 2.45) is 5.92 Å². The Hall–Kier alpha value is -2.46. The Morgan fingerprint density at radius 2 is 1.50 bits per heavy atom. The molecule has 0 aliphatic carbocycles. The lowest BCUT2D eigenvalue weighted by molar-refractivity contribution is -0.153. The third-order valence-corrected chi connectivity index (χ3v) is 4.21. The zero-order valence-electron chi connectivity index (χ0n) is 15.6. The van der Waals surface area contributed by atoms with Crippen molar-refractivity contribution < 1.29 is 14.3 Å². The first-order chi connectivity index (χ1) is 12.6. The maximum atomic E-state index is 12.7. The second kappa shape index (κ2) is 10.5. The van der Waals surface area contributed by atoms with Crippen molar-refractivity contribution in [1.82, 2.24) is 4.90 Å². The van der Waals surface area contributed by atoms with Gasteiger partial charge in [-0.2, -0.15) is 0 Å². The molecule has 0 unspecified atom stereocenters. The van der Waals surface area contributed by atoms with Gasteiger partial charge >= 0.3 is 5.97 Å². The third-order valence-electron chi connectivity index (χ3n) is 4.21. The van der Waals surface area contributed by atoms with Crippen LogP contribution in [0.3, 0.4) is 0 Å². The topological polar surface area (TPSA) is 46.6 Å². The maximum Gasteiger partial charge on any atom is 0.317 e. The molecule has 0 aliphatic rings. The molecule has 2 aromatic rings. The van der Waals surface area contributed by atoms with Crippen molar-refractivity contribution in [3.63, 3.8) is 0 Å². The van der Waals surface area contributed by atoms with Gasteiger partial charge in [-0.25, -0.2) is 0 Å². The first-order valence-corrected chi connectivity index (χ1v) is 8.98. The van der Waals surface area contributed by atoms with E-state index in [1.807, 2.05) is 79.7 Å². The van der Waals surface area contributed by atoms with E-state index in [4.69, 9.17) is 4.74 Å². The quantitative estimate of drug-likeness (QED) is 0.484. The highest BCUT2D eigenvalue weighted by atomic mass is 16.5.